The van der Waals surface area contributed by atoms with Gasteiger partial charge in [-0.15, -0.1) is 0 Å². The second kappa shape index (κ2) is 10.4. The lowest BCUT2D eigenvalue weighted by Crippen LogP contribution is -2.34. The molecule has 2 heterocycles. The number of halogens is 3. The zero-order chi connectivity index (χ0) is 25.7. The van der Waals surface area contributed by atoms with E-state index >= 15 is 0 Å². The molecule has 0 aliphatic carbocycles. The molecule has 0 atom stereocenters. The summed E-state index contributed by atoms with van der Waals surface area (Å²) in [4.78, 5) is 37.7. The average Bonchev–Trinajstić information content (AvgIpc) is 3.15. The first-order chi connectivity index (χ1) is 17.2. The Balaban J connectivity index is 1.63. The Hall–Kier alpha value is -4.54. The summed E-state index contributed by atoms with van der Waals surface area (Å²) >= 11 is 0. The number of aromatic amines is 1. The van der Waals surface area contributed by atoms with Crippen LogP contribution in [-0.2, 0) is 44.9 Å². The Morgan fingerprint density at radius 1 is 0.861 bits per heavy atom. The van der Waals surface area contributed by atoms with E-state index in [-0.39, 0.29) is 30.5 Å². The van der Waals surface area contributed by atoms with Crippen LogP contribution in [0.5, 0.6) is 0 Å². The van der Waals surface area contributed by atoms with Crippen molar-refractivity contribution in [2.45, 2.75) is 25.9 Å². The van der Waals surface area contributed by atoms with Crippen molar-refractivity contribution in [1.82, 2.24) is 9.55 Å². The summed E-state index contributed by atoms with van der Waals surface area (Å²) in [5, 5.41) is 0. The number of nitrogens with one attached hydrogen (secondary N) is 1. The van der Waals surface area contributed by atoms with Gasteiger partial charge >= 0.3 is 17.8 Å². The van der Waals surface area contributed by atoms with Gasteiger partial charge in [-0.05, 0) is 17.2 Å². The molecule has 0 amide bonds. The maximum atomic E-state index is 13.1. The molecule has 1 N–H and O–H groups in total. The van der Waals surface area contributed by atoms with Crippen LogP contribution in [0.1, 0.15) is 16.7 Å². The number of ether oxygens (including phenoxy) is 3. The van der Waals surface area contributed by atoms with Gasteiger partial charge in [0.2, 0.25) is 5.76 Å². The molecule has 0 saturated heterocycles. The molecule has 0 fully saturated rings. The van der Waals surface area contributed by atoms with Gasteiger partial charge in [0.15, 0.2) is 5.76 Å². The van der Waals surface area contributed by atoms with Crippen molar-refractivity contribution in [1.29, 1.82) is 0 Å². The average molecular weight is 500 g/mol. The number of nitrogens with zero attached hydrogens (tertiary/aromatic N) is 1. The minimum atomic E-state index is -4.96. The van der Waals surface area contributed by atoms with Crippen LogP contribution in [0.3, 0.4) is 0 Å². The predicted octanol–water partition coefficient (Wildman–Crippen LogP) is 3.64. The van der Waals surface area contributed by atoms with Crippen LogP contribution in [0, 0.1) is 0 Å². The number of H-pyrrole nitrogens is 1. The van der Waals surface area contributed by atoms with E-state index in [0.29, 0.717) is 10.8 Å². The van der Waals surface area contributed by atoms with E-state index in [1.54, 1.807) is 53.5 Å². The Morgan fingerprint density at radius 2 is 1.42 bits per heavy atom. The lowest BCUT2D eigenvalue weighted by Gasteiger charge is -2.11. The van der Waals surface area contributed by atoms with Crippen molar-refractivity contribution in [3.8, 4) is 0 Å². The lowest BCUT2D eigenvalue weighted by molar-refractivity contribution is -0.139. The molecule has 186 valence electrons. The molecule has 0 saturated carbocycles. The first-order valence-electron chi connectivity index (χ1n) is 10.6. The van der Waals surface area contributed by atoms with Crippen LogP contribution in [0.4, 0.5) is 13.2 Å². The summed E-state index contributed by atoms with van der Waals surface area (Å²) in [5.74, 6) is -1.27. The van der Waals surface area contributed by atoms with Crippen LogP contribution >= 0.6 is 0 Å². The summed E-state index contributed by atoms with van der Waals surface area (Å²) in [5.41, 5.74) is -2.60. The van der Waals surface area contributed by atoms with Crippen molar-refractivity contribution in [3.05, 3.63) is 128 Å². The maximum Gasteiger partial charge on any atom is 0.423 e. The van der Waals surface area contributed by atoms with Crippen molar-refractivity contribution in [2.24, 2.45) is 0 Å². The SMILES string of the molecule is O=C1O/C(=C\Cn2cc(C(F)(F)F)c(=O)[nH]c2=O)C(OCc2ccccc2)=C1OCc1ccccc1. The normalized spacial score (nSPS) is 14.8. The highest BCUT2D eigenvalue weighted by molar-refractivity contribution is 5.91. The van der Waals surface area contributed by atoms with Gasteiger partial charge in [0.05, 0.1) is 0 Å². The molecule has 0 unspecified atom stereocenters. The van der Waals surface area contributed by atoms with Crippen molar-refractivity contribution < 1.29 is 32.2 Å². The van der Waals surface area contributed by atoms with Gasteiger partial charge < -0.3 is 14.2 Å². The number of carbonyl (C=O) groups excluding carboxylic acids is 1. The molecule has 2 aromatic carbocycles. The highest BCUT2D eigenvalue weighted by Crippen LogP contribution is 2.30. The summed E-state index contributed by atoms with van der Waals surface area (Å²) in [7, 11) is 0. The molecule has 0 radical (unpaired) electrons. The fourth-order valence-corrected chi connectivity index (χ4v) is 3.28. The zero-order valence-electron chi connectivity index (χ0n) is 18.6. The second-order valence-electron chi connectivity index (χ2n) is 7.62. The monoisotopic (exact) mass is 500 g/mol. The summed E-state index contributed by atoms with van der Waals surface area (Å²) < 4.78 is 56.6. The largest absolute Gasteiger partial charge is 0.481 e. The predicted molar refractivity (Wildman–Crippen MR) is 120 cm³/mol. The number of alkyl halides is 3. The topological polar surface area (TPSA) is 99.6 Å². The number of hydrogen-bond acceptors (Lipinski definition) is 6. The number of hydrogen-bond donors (Lipinski definition) is 1. The molecular weight excluding hydrogens is 481 g/mol. The first-order valence-corrected chi connectivity index (χ1v) is 10.6. The standard InChI is InChI=1S/C25H19F3N2O6/c26-25(27,28)18-13-30(24(33)29-22(18)31)12-11-19-20(34-14-16-7-3-1-4-8-16)21(23(32)36-19)35-15-17-9-5-2-6-10-17/h1-11,13H,12,14-15H2,(H,29,31,33)/b19-11-. The third-order valence-electron chi connectivity index (χ3n) is 5.06. The maximum absolute atomic E-state index is 13.1. The van der Waals surface area contributed by atoms with Crippen LogP contribution in [-0.4, -0.2) is 15.5 Å². The zero-order valence-corrected chi connectivity index (χ0v) is 18.6. The van der Waals surface area contributed by atoms with Crippen molar-refractivity contribution in [2.75, 3.05) is 0 Å². The Bertz CT molecular complexity index is 1420. The molecule has 1 aliphatic rings. The van der Waals surface area contributed by atoms with Crippen LogP contribution < -0.4 is 11.2 Å². The van der Waals surface area contributed by atoms with Crippen LogP contribution in [0.2, 0.25) is 0 Å². The molecule has 0 bridgehead atoms. The molecular formula is C25H19F3N2O6. The number of rotatable bonds is 8. The van der Waals surface area contributed by atoms with Crippen molar-refractivity contribution in [3.63, 3.8) is 0 Å². The minimum absolute atomic E-state index is 0.0328. The van der Waals surface area contributed by atoms with E-state index in [1.165, 1.54) is 6.08 Å². The van der Waals surface area contributed by atoms with Crippen LogP contribution in [0.15, 0.2) is 99.8 Å². The highest BCUT2D eigenvalue weighted by atomic mass is 19.4. The van der Waals surface area contributed by atoms with E-state index < -0.39 is 35.5 Å². The van der Waals surface area contributed by atoms with Gasteiger partial charge in [0, 0.05) is 12.7 Å². The molecule has 11 heteroatoms. The van der Waals surface area contributed by atoms with Gasteiger partial charge in [-0.1, -0.05) is 60.7 Å². The second-order valence-corrected chi connectivity index (χ2v) is 7.62. The molecule has 3 aromatic rings. The van der Waals surface area contributed by atoms with Gasteiger partial charge in [0.25, 0.3) is 11.3 Å². The van der Waals surface area contributed by atoms with E-state index in [1.807, 2.05) is 12.1 Å². The molecule has 0 spiro atoms. The van der Waals surface area contributed by atoms with E-state index in [4.69, 9.17) is 14.2 Å². The number of carbonyl (C=O) groups is 1. The molecule has 36 heavy (non-hydrogen) atoms. The number of allylic oxidation sites excluding steroid dienone is 1. The first kappa shape index (κ1) is 24.6. The number of benzene rings is 2. The smallest absolute Gasteiger partial charge is 0.423 e. The van der Waals surface area contributed by atoms with E-state index in [0.717, 1.165) is 11.1 Å². The molecule has 4 rings (SSSR count). The van der Waals surface area contributed by atoms with Gasteiger partial charge in [-0.25, -0.2) is 9.59 Å². The third-order valence-corrected chi connectivity index (χ3v) is 5.06. The van der Waals surface area contributed by atoms with E-state index in [2.05, 4.69) is 0 Å². The number of esters is 1. The molecule has 1 aromatic heterocycles. The summed E-state index contributed by atoms with van der Waals surface area (Å²) in [6.07, 6.45) is -3.37. The Labute approximate surface area is 201 Å². The van der Waals surface area contributed by atoms with Crippen molar-refractivity contribution >= 4 is 5.97 Å². The fraction of sp³-hybridized carbons (Fsp3) is 0.160. The number of cyclic esters (lactones) is 1. The van der Waals surface area contributed by atoms with Gasteiger partial charge in [-0.3, -0.25) is 14.3 Å². The molecule has 8 nitrogen and oxygen atoms in total. The third kappa shape index (κ3) is 5.74. The number of aromatic nitrogens is 2. The lowest BCUT2D eigenvalue weighted by atomic mass is 10.2. The van der Waals surface area contributed by atoms with Gasteiger partial charge in [-0.2, -0.15) is 13.2 Å². The Morgan fingerprint density at radius 3 is 1.97 bits per heavy atom. The Kier molecular flexibility index (Phi) is 7.09. The van der Waals surface area contributed by atoms with Gasteiger partial charge in [0.1, 0.15) is 18.8 Å². The summed E-state index contributed by atoms with van der Waals surface area (Å²) in [6, 6.07) is 18.0. The fourth-order valence-electron chi connectivity index (χ4n) is 3.28. The van der Waals surface area contributed by atoms with E-state index in [9.17, 15) is 27.6 Å². The summed E-state index contributed by atoms with van der Waals surface area (Å²) in [6.45, 7) is -0.379. The minimum Gasteiger partial charge on any atom is -0.481 e. The highest BCUT2D eigenvalue weighted by Gasteiger charge is 2.36. The quantitative estimate of drug-likeness (QED) is 0.474. The molecule has 1 aliphatic heterocycles. The van der Waals surface area contributed by atoms with Crippen LogP contribution in [0.25, 0.3) is 0 Å².